The van der Waals surface area contributed by atoms with Gasteiger partial charge in [0.2, 0.25) is 0 Å². The summed E-state index contributed by atoms with van der Waals surface area (Å²) < 4.78 is 1.46. The van der Waals surface area contributed by atoms with E-state index in [0.717, 1.165) is 0 Å². The second kappa shape index (κ2) is 2.81. The zero-order chi connectivity index (χ0) is 6.97. The van der Waals surface area contributed by atoms with Gasteiger partial charge in [-0.1, -0.05) is 0 Å². The summed E-state index contributed by atoms with van der Waals surface area (Å²) in [5.74, 6) is 0. The van der Waals surface area contributed by atoms with Crippen molar-refractivity contribution in [2.24, 2.45) is 0 Å². The van der Waals surface area contributed by atoms with Gasteiger partial charge in [-0.3, -0.25) is 0 Å². The molecule has 1 aromatic rings. The number of rotatable bonds is 0. The first-order valence-corrected chi connectivity index (χ1v) is 5.53. The molecule has 0 nitrogen and oxygen atoms in total. The fraction of sp³-hybridized carbons (Fsp3) is 0.500. The van der Waals surface area contributed by atoms with Crippen LogP contribution < -0.4 is 0 Å². The van der Waals surface area contributed by atoms with E-state index in [2.05, 4.69) is 28.7 Å². The summed E-state index contributed by atoms with van der Waals surface area (Å²) in [6.07, 6.45) is 5.47. The van der Waals surface area contributed by atoms with E-state index in [9.17, 15) is 0 Å². The third-order valence-corrected chi connectivity index (χ3v) is 3.96. The second-order valence-electron chi connectivity index (χ2n) is 2.71. The molecule has 0 fully saturated rings. The maximum atomic E-state index is 2.42. The van der Waals surface area contributed by atoms with Crippen LogP contribution in [0.15, 0.2) is 6.07 Å². The molecule has 10 heavy (non-hydrogen) atoms. The zero-order valence-electron chi connectivity index (χ0n) is 5.69. The predicted octanol–water partition coefficient (Wildman–Crippen LogP) is 3.23. The maximum absolute atomic E-state index is 2.42. The Hall–Kier alpha value is 0.430. The van der Waals surface area contributed by atoms with Crippen LogP contribution >= 0.6 is 33.9 Å². The van der Waals surface area contributed by atoms with E-state index < -0.39 is 0 Å². The molecule has 1 aliphatic carbocycles. The molecule has 0 spiro atoms. The van der Waals surface area contributed by atoms with Gasteiger partial charge in [0.25, 0.3) is 0 Å². The maximum Gasteiger partial charge on any atom is 0.0659 e. The van der Waals surface area contributed by atoms with Crippen LogP contribution in [0.25, 0.3) is 0 Å². The first-order valence-electron chi connectivity index (χ1n) is 3.63. The van der Waals surface area contributed by atoms with Gasteiger partial charge < -0.3 is 0 Å². The van der Waals surface area contributed by atoms with Gasteiger partial charge in [-0.25, -0.2) is 0 Å². The van der Waals surface area contributed by atoms with Crippen LogP contribution in [0.2, 0.25) is 0 Å². The Bertz CT molecular complexity index is 216. The Kier molecular flexibility index (Phi) is 2.00. The lowest BCUT2D eigenvalue weighted by Gasteiger charge is -2.08. The quantitative estimate of drug-likeness (QED) is 0.631. The van der Waals surface area contributed by atoms with Gasteiger partial charge in [0.15, 0.2) is 0 Å². The predicted molar refractivity (Wildman–Crippen MR) is 53.7 cm³/mol. The van der Waals surface area contributed by atoms with Crippen molar-refractivity contribution in [2.75, 3.05) is 0 Å². The average Bonchev–Trinajstić information content (AvgIpc) is 2.27. The Labute approximate surface area is 78.8 Å². The molecule has 0 N–H and O–H groups in total. The fourth-order valence-electron chi connectivity index (χ4n) is 1.45. The summed E-state index contributed by atoms with van der Waals surface area (Å²) in [6, 6.07) is 2.35. The van der Waals surface area contributed by atoms with Gasteiger partial charge in [-0.15, -0.1) is 11.3 Å². The van der Waals surface area contributed by atoms with E-state index in [-0.39, 0.29) is 0 Å². The molecular weight excluding hydrogens is 255 g/mol. The molecule has 0 amide bonds. The smallest absolute Gasteiger partial charge is 0.0659 e. The van der Waals surface area contributed by atoms with Crippen LogP contribution in [0.1, 0.15) is 23.3 Å². The van der Waals surface area contributed by atoms with Crippen LogP contribution in [-0.4, -0.2) is 0 Å². The minimum Gasteiger partial charge on any atom is -0.134 e. The van der Waals surface area contributed by atoms with E-state index in [1.54, 1.807) is 10.4 Å². The van der Waals surface area contributed by atoms with Crippen molar-refractivity contribution >= 4 is 33.9 Å². The highest BCUT2D eigenvalue weighted by atomic mass is 127. The van der Waals surface area contributed by atoms with E-state index in [4.69, 9.17) is 0 Å². The van der Waals surface area contributed by atoms with Gasteiger partial charge in [0, 0.05) is 4.88 Å². The zero-order valence-corrected chi connectivity index (χ0v) is 8.67. The SMILES string of the molecule is Ic1cc2c(s1)CCCC2. The molecule has 1 aromatic heterocycles. The molecule has 54 valence electrons. The lowest BCUT2D eigenvalue weighted by Crippen LogP contribution is -1.96. The van der Waals surface area contributed by atoms with E-state index >= 15 is 0 Å². The number of thiophene rings is 1. The molecule has 1 heterocycles. The summed E-state index contributed by atoms with van der Waals surface area (Å²) in [5, 5.41) is 0. The topological polar surface area (TPSA) is 0 Å². The first-order chi connectivity index (χ1) is 4.86. The molecule has 0 unspecified atom stereocenters. The molecule has 0 saturated heterocycles. The summed E-state index contributed by atoms with van der Waals surface area (Å²) in [4.78, 5) is 1.65. The Morgan fingerprint density at radius 3 is 2.90 bits per heavy atom. The van der Waals surface area contributed by atoms with Gasteiger partial charge in [0.05, 0.1) is 2.88 Å². The first kappa shape index (κ1) is 7.10. The number of fused-ring (bicyclic) bond motifs is 1. The molecule has 0 bridgehead atoms. The Morgan fingerprint density at radius 1 is 1.30 bits per heavy atom. The van der Waals surface area contributed by atoms with Crippen molar-refractivity contribution in [1.29, 1.82) is 0 Å². The van der Waals surface area contributed by atoms with Crippen molar-refractivity contribution in [3.05, 3.63) is 19.4 Å². The van der Waals surface area contributed by atoms with Crippen LogP contribution in [0, 0.1) is 2.88 Å². The molecule has 0 aliphatic heterocycles. The molecule has 2 rings (SSSR count). The highest BCUT2D eigenvalue weighted by Crippen LogP contribution is 2.30. The summed E-state index contributed by atoms with van der Waals surface area (Å²) in [7, 11) is 0. The number of halogens is 1. The van der Waals surface area contributed by atoms with Crippen LogP contribution in [-0.2, 0) is 12.8 Å². The van der Waals surface area contributed by atoms with Crippen LogP contribution in [0.3, 0.4) is 0 Å². The van der Waals surface area contributed by atoms with E-state index in [1.807, 2.05) is 11.3 Å². The molecular formula is C8H9IS. The minimum absolute atomic E-state index is 1.33. The lowest BCUT2D eigenvalue weighted by atomic mass is 10.00. The summed E-state index contributed by atoms with van der Waals surface area (Å²) in [6.45, 7) is 0. The van der Waals surface area contributed by atoms with Crippen molar-refractivity contribution in [3.8, 4) is 0 Å². The second-order valence-corrected chi connectivity index (χ2v) is 5.74. The average molecular weight is 264 g/mol. The standard InChI is InChI=1S/C8H9IS/c9-8-5-6-3-1-2-4-7(6)10-8/h5H,1-4H2. The van der Waals surface area contributed by atoms with E-state index in [0.29, 0.717) is 0 Å². The van der Waals surface area contributed by atoms with Crippen molar-refractivity contribution in [3.63, 3.8) is 0 Å². The van der Waals surface area contributed by atoms with Gasteiger partial charge in [-0.2, -0.15) is 0 Å². The third-order valence-electron chi connectivity index (χ3n) is 1.97. The van der Waals surface area contributed by atoms with Crippen LogP contribution in [0.5, 0.6) is 0 Å². The molecule has 0 atom stereocenters. The van der Waals surface area contributed by atoms with Crippen molar-refractivity contribution < 1.29 is 0 Å². The lowest BCUT2D eigenvalue weighted by molar-refractivity contribution is 0.697. The van der Waals surface area contributed by atoms with E-state index in [1.165, 1.54) is 28.6 Å². The molecule has 2 heteroatoms. The minimum atomic E-state index is 1.33. The van der Waals surface area contributed by atoms with Crippen LogP contribution in [0.4, 0.5) is 0 Å². The van der Waals surface area contributed by atoms with Crippen molar-refractivity contribution in [2.45, 2.75) is 25.7 Å². The van der Waals surface area contributed by atoms with Gasteiger partial charge in [-0.05, 0) is 59.9 Å². The number of hydrogen-bond acceptors (Lipinski definition) is 1. The van der Waals surface area contributed by atoms with Crippen molar-refractivity contribution in [1.82, 2.24) is 0 Å². The summed E-state index contributed by atoms with van der Waals surface area (Å²) >= 11 is 4.40. The Morgan fingerprint density at radius 2 is 2.10 bits per heavy atom. The number of aryl methyl sites for hydroxylation is 2. The van der Waals surface area contributed by atoms with Gasteiger partial charge >= 0.3 is 0 Å². The largest absolute Gasteiger partial charge is 0.134 e. The monoisotopic (exact) mass is 264 g/mol. The molecule has 1 aliphatic rings. The highest BCUT2D eigenvalue weighted by Gasteiger charge is 2.11. The summed E-state index contributed by atoms with van der Waals surface area (Å²) in [5.41, 5.74) is 1.63. The normalized spacial score (nSPS) is 16.9. The Balaban J connectivity index is 2.41. The fourth-order valence-corrected chi connectivity index (χ4v) is 3.60. The molecule has 0 aromatic carbocycles. The molecule has 0 saturated carbocycles. The highest BCUT2D eigenvalue weighted by molar-refractivity contribution is 14.1. The molecule has 0 radical (unpaired) electrons. The number of hydrogen-bond donors (Lipinski definition) is 0. The third kappa shape index (κ3) is 1.23. The van der Waals surface area contributed by atoms with Gasteiger partial charge in [0.1, 0.15) is 0 Å².